The Bertz CT molecular complexity index is 821. The quantitative estimate of drug-likeness (QED) is 0.830. The Kier molecular flexibility index (Phi) is 5.67. The summed E-state index contributed by atoms with van der Waals surface area (Å²) in [6.07, 6.45) is 1.60. The van der Waals surface area contributed by atoms with E-state index in [1.54, 1.807) is 29.3 Å². The van der Waals surface area contributed by atoms with Crippen LogP contribution < -0.4 is 4.90 Å². The molecule has 1 aromatic heterocycles. The summed E-state index contributed by atoms with van der Waals surface area (Å²) in [5, 5.41) is 9.55. The lowest BCUT2D eigenvalue weighted by molar-refractivity contribution is 0.0606. The first-order valence-corrected chi connectivity index (χ1v) is 8.81. The van der Waals surface area contributed by atoms with Gasteiger partial charge in [0.05, 0.1) is 11.6 Å². The molecule has 1 unspecified atom stereocenters. The molecule has 2 heterocycles. The highest BCUT2D eigenvalue weighted by atomic mass is 19.1. The lowest BCUT2D eigenvalue weighted by Gasteiger charge is -2.37. The number of amides is 1. The van der Waals surface area contributed by atoms with E-state index in [2.05, 4.69) is 11.1 Å². The van der Waals surface area contributed by atoms with E-state index in [1.165, 1.54) is 12.1 Å². The van der Waals surface area contributed by atoms with Gasteiger partial charge in [-0.2, -0.15) is 5.26 Å². The zero-order valence-corrected chi connectivity index (χ0v) is 15.5. The fraction of sp³-hybridized carbons (Fsp3) is 0.350. The Balaban J connectivity index is 1.63. The van der Waals surface area contributed by atoms with E-state index in [-0.39, 0.29) is 11.7 Å². The average Bonchev–Trinajstić information content (AvgIpc) is 2.70. The van der Waals surface area contributed by atoms with Gasteiger partial charge in [0, 0.05) is 46.5 Å². The smallest absolute Gasteiger partial charge is 0.255 e. The van der Waals surface area contributed by atoms with Crippen molar-refractivity contribution in [2.45, 2.75) is 6.04 Å². The number of halogens is 1. The second-order valence-electron chi connectivity index (χ2n) is 6.71. The molecular formula is C20H22FN5O. The van der Waals surface area contributed by atoms with Gasteiger partial charge in [0.2, 0.25) is 0 Å². The standard InChI is InChI=1S/C20H22FN5O/c1-24(2)19-8-5-16(14-23-19)20(27)26-11-9-25(10-12-26)18(13-22)15-3-6-17(21)7-4-15/h3-8,14,18H,9-12H2,1-2H3. The number of carbonyl (C=O) groups excluding carboxylic acids is 1. The van der Waals surface area contributed by atoms with Gasteiger partial charge in [0.15, 0.2) is 0 Å². The molecule has 140 valence electrons. The van der Waals surface area contributed by atoms with E-state index in [4.69, 9.17) is 0 Å². The highest BCUT2D eigenvalue weighted by Gasteiger charge is 2.27. The number of rotatable bonds is 4. The molecule has 6 nitrogen and oxygen atoms in total. The molecule has 1 amide bonds. The summed E-state index contributed by atoms with van der Waals surface area (Å²) in [4.78, 5) is 22.7. The average molecular weight is 367 g/mol. The Morgan fingerprint density at radius 3 is 2.33 bits per heavy atom. The first-order chi connectivity index (χ1) is 13.0. The van der Waals surface area contributed by atoms with Gasteiger partial charge in [0.25, 0.3) is 5.91 Å². The van der Waals surface area contributed by atoms with Gasteiger partial charge in [0.1, 0.15) is 17.7 Å². The number of anilines is 1. The Morgan fingerprint density at radius 1 is 1.15 bits per heavy atom. The van der Waals surface area contributed by atoms with Crippen LogP contribution in [0.1, 0.15) is 22.0 Å². The van der Waals surface area contributed by atoms with Crippen LogP contribution in [0, 0.1) is 17.1 Å². The molecular weight excluding hydrogens is 345 g/mol. The topological polar surface area (TPSA) is 63.5 Å². The van der Waals surface area contributed by atoms with Gasteiger partial charge in [-0.1, -0.05) is 12.1 Å². The van der Waals surface area contributed by atoms with Crippen molar-refractivity contribution in [2.24, 2.45) is 0 Å². The fourth-order valence-corrected chi connectivity index (χ4v) is 3.15. The maximum Gasteiger partial charge on any atom is 0.255 e. The third-order valence-corrected chi connectivity index (χ3v) is 4.73. The summed E-state index contributed by atoms with van der Waals surface area (Å²) >= 11 is 0. The number of benzene rings is 1. The lowest BCUT2D eigenvalue weighted by Crippen LogP contribution is -2.49. The molecule has 1 saturated heterocycles. The molecule has 0 spiro atoms. The van der Waals surface area contributed by atoms with Crippen molar-refractivity contribution in [2.75, 3.05) is 45.2 Å². The molecule has 7 heteroatoms. The number of piperazine rings is 1. The van der Waals surface area contributed by atoms with Crippen LogP contribution in [0.4, 0.5) is 10.2 Å². The monoisotopic (exact) mass is 367 g/mol. The van der Waals surface area contributed by atoms with Gasteiger partial charge in [-0.25, -0.2) is 9.37 Å². The molecule has 0 N–H and O–H groups in total. The molecule has 0 radical (unpaired) electrons. The van der Waals surface area contributed by atoms with E-state index >= 15 is 0 Å². The molecule has 0 aliphatic carbocycles. The van der Waals surface area contributed by atoms with Crippen molar-refractivity contribution in [3.8, 4) is 6.07 Å². The van der Waals surface area contributed by atoms with Crippen LogP contribution in [0.5, 0.6) is 0 Å². The lowest BCUT2D eigenvalue weighted by atomic mass is 10.1. The van der Waals surface area contributed by atoms with E-state index < -0.39 is 6.04 Å². The molecule has 27 heavy (non-hydrogen) atoms. The molecule has 1 aromatic carbocycles. The summed E-state index contributed by atoms with van der Waals surface area (Å²) < 4.78 is 13.1. The molecule has 1 fully saturated rings. The maximum atomic E-state index is 13.1. The normalized spacial score (nSPS) is 15.9. The van der Waals surface area contributed by atoms with Crippen LogP contribution in [0.3, 0.4) is 0 Å². The number of hydrogen-bond acceptors (Lipinski definition) is 5. The highest BCUT2D eigenvalue weighted by molar-refractivity contribution is 5.94. The van der Waals surface area contributed by atoms with Crippen LogP contribution in [0.2, 0.25) is 0 Å². The van der Waals surface area contributed by atoms with Gasteiger partial charge in [-0.3, -0.25) is 9.69 Å². The van der Waals surface area contributed by atoms with Gasteiger partial charge >= 0.3 is 0 Å². The van der Waals surface area contributed by atoms with Gasteiger partial charge < -0.3 is 9.80 Å². The largest absolute Gasteiger partial charge is 0.363 e. The van der Waals surface area contributed by atoms with Crippen LogP contribution >= 0.6 is 0 Å². The minimum absolute atomic E-state index is 0.0530. The molecule has 0 saturated carbocycles. The maximum absolute atomic E-state index is 13.1. The SMILES string of the molecule is CN(C)c1ccc(C(=O)N2CCN(C(C#N)c3ccc(F)cc3)CC2)cn1. The van der Waals surface area contributed by atoms with Crippen molar-refractivity contribution in [1.82, 2.24) is 14.8 Å². The van der Waals surface area contributed by atoms with E-state index in [1.807, 2.05) is 30.0 Å². The zero-order chi connectivity index (χ0) is 19.4. The molecule has 1 aliphatic heterocycles. The Labute approximate surface area is 158 Å². The molecule has 1 aliphatic rings. The third kappa shape index (κ3) is 4.23. The fourth-order valence-electron chi connectivity index (χ4n) is 3.15. The Morgan fingerprint density at radius 2 is 1.81 bits per heavy atom. The molecule has 2 aromatic rings. The summed E-state index contributed by atoms with van der Waals surface area (Å²) in [6, 6.07) is 11.5. The second kappa shape index (κ2) is 8.14. The predicted octanol–water partition coefficient (Wildman–Crippen LogP) is 2.31. The summed E-state index contributed by atoms with van der Waals surface area (Å²) in [6.45, 7) is 2.25. The van der Waals surface area contributed by atoms with Crippen molar-refractivity contribution >= 4 is 11.7 Å². The van der Waals surface area contributed by atoms with E-state index in [0.717, 1.165) is 11.4 Å². The molecule has 3 rings (SSSR count). The van der Waals surface area contributed by atoms with Crippen molar-refractivity contribution in [3.63, 3.8) is 0 Å². The second-order valence-corrected chi connectivity index (χ2v) is 6.71. The minimum Gasteiger partial charge on any atom is -0.363 e. The highest BCUT2D eigenvalue weighted by Crippen LogP contribution is 2.22. The number of nitriles is 1. The third-order valence-electron chi connectivity index (χ3n) is 4.73. The zero-order valence-electron chi connectivity index (χ0n) is 15.5. The van der Waals surface area contributed by atoms with Crippen LogP contribution in [-0.4, -0.2) is 61.0 Å². The molecule has 0 bridgehead atoms. The van der Waals surface area contributed by atoms with E-state index in [9.17, 15) is 14.4 Å². The van der Waals surface area contributed by atoms with Gasteiger partial charge in [-0.05, 0) is 29.8 Å². The molecule has 1 atom stereocenters. The van der Waals surface area contributed by atoms with Crippen LogP contribution in [0.25, 0.3) is 0 Å². The van der Waals surface area contributed by atoms with Crippen molar-refractivity contribution in [1.29, 1.82) is 5.26 Å². The summed E-state index contributed by atoms with van der Waals surface area (Å²) in [5.41, 5.74) is 1.33. The predicted molar refractivity (Wildman–Crippen MR) is 101 cm³/mol. The number of aromatic nitrogens is 1. The first kappa shape index (κ1) is 18.8. The number of nitrogens with zero attached hydrogens (tertiary/aromatic N) is 5. The van der Waals surface area contributed by atoms with Crippen LogP contribution in [0.15, 0.2) is 42.6 Å². The minimum atomic E-state index is -0.441. The summed E-state index contributed by atoms with van der Waals surface area (Å²) in [5.74, 6) is 0.426. The Hall–Kier alpha value is -2.98. The van der Waals surface area contributed by atoms with Crippen LogP contribution in [-0.2, 0) is 0 Å². The van der Waals surface area contributed by atoms with E-state index in [0.29, 0.717) is 31.7 Å². The number of hydrogen-bond donors (Lipinski definition) is 0. The first-order valence-electron chi connectivity index (χ1n) is 8.81. The summed E-state index contributed by atoms with van der Waals surface area (Å²) in [7, 11) is 3.80. The van der Waals surface area contributed by atoms with Crippen molar-refractivity contribution in [3.05, 3.63) is 59.5 Å². The number of pyridine rings is 1. The number of carbonyl (C=O) groups is 1. The van der Waals surface area contributed by atoms with Gasteiger partial charge in [-0.15, -0.1) is 0 Å². The van der Waals surface area contributed by atoms with Crippen molar-refractivity contribution < 1.29 is 9.18 Å².